The van der Waals surface area contributed by atoms with Crippen LogP contribution in [0.25, 0.3) is 22.2 Å². The highest BCUT2D eigenvalue weighted by Crippen LogP contribution is 2.30. The van der Waals surface area contributed by atoms with Crippen LogP contribution in [0.15, 0.2) is 52.3 Å². The van der Waals surface area contributed by atoms with Crippen LogP contribution in [0.1, 0.15) is 17.0 Å². The number of carbonyl (C=O) groups excluding carboxylic acids is 1. The molecule has 0 saturated carbocycles. The molecule has 4 aromatic rings. The summed E-state index contributed by atoms with van der Waals surface area (Å²) in [4.78, 5) is 13.5. The fourth-order valence-corrected chi connectivity index (χ4v) is 3.80. The number of amides is 1. The van der Waals surface area contributed by atoms with Gasteiger partial charge in [-0.25, -0.2) is 0 Å². The highest BCUT2D eigenvalue weighted by Gasteiger charge is 2.18. The second kappa shape index (κ2) is 7.44. The molecule has 0 aliphatic carbocycles. The standard InChI is InChI=1S/C21H20N4O2S/c1-13-6-4-7-16(10-13)22-19(26)12-25-14(2)11-17(15(25)3)20-23-24-21(27-20)18-8-5-9-28-18/h4-11H,12H2,1-3H3,(H,22,26). The molecule has 0 fully saturated rings. The van der Waals surface area contributed by atoms with Gasteiger partial charge in [0.05, 0.1) is 10.4 Å². The first-order chi connectivity index (χ1) is 13.5. The van der Waals surface area contributed by atoms with Gasteiger partial charge in [0.1, 0.15) is 6.54 Å². The Bertz CT molecular complexity index is 1130. The number of aromatic nitrogens is 3. The van der Waals surface area contributed by atoms with Crippen LogP contribution in [0, 0.1) is 20.8 Å². The van der Waals surface area contributed by atoms with Crippen molar-refractivity contribution in [1.82, 2.24) is 14.8 Å². The monoisotopic (exact) mass is 392 g/mol. The summed E-state index contributed by atoms with van der Waals surface area (Å²) in [5, 5.41) is 13.3. The number of hydrogen-bond acceptors (Lipinski definition) is 5. The minimum atomic E-state index is -0.0799. The van der Waals surface area contributed by atoms with E-state index in [9.17, 15) is 4.79 Å². The lowest BCUT2D eigenvalue weighted by Crippen LogP contribution is -2.20. The molecule has 3 aromatic heterocycles. The summed E-state index contributed by atoms with van der Waals surface area (Å²) >= 11 is 1.55. The fraction of sp³-hybridized carbons (Fsp3) is 0.190. The van der Waals surface area contributed by atoms with Crippen molar-refractivity contribution in [1.29, 1.82) is 0 Å². The van der Waals surface area contributed by atoms with Gasteiger partial charge in [0.15, 0.2) is 0 Å². The first kappa shape index (κ1) is 18.2. The highest BCUT2D eigenvalue weighted by atomic mass is 32.1. The van der Waals surface area contributed by atoms with Gasteiger partial charge in [0.2, 0.25) is 11.8 Å². The molecule has 0 spiro atoms. The number of rotatable bonds is 5. The van der Waals surface area contributed by atoms with Crippen molar-refractivity contribution < 1.29 is 9.21 Å². The van der Waals surface area contributed by atoms with Crippen LogP contribution in [0.5, 0.6) is 0 Å². The van der Waals surface area contributed by atoms with Crippen LogP contribution in [0.2, 0.25) is 0 Å². The number of nitrogens with zero attached hydrogens (tertiary/aromatic N) is 3. The fourth-order valence-electron chi connectivity index (χ4n) is 3.16. The van der Waals surface area contributed by atoms with Crippen molar-refractivity contribution in [3.8, 4) is 22.2 Å². The van der Waals surface area contributed by atoms with E-state index in [1.807, 2.05) is 73.2 Å². The van der Waals surface area contributed by atoms with E-state index in [1.54, 1.807) is 11.3 Å². The van der Waals surface area contributed by atoms with Crippen LogP contribution >= 0.6 is 11.3 Å². The van der Waals surface area contributed by atoms with Gasteiger partial charge in [-0.3, -0.25) is 4.79 Å². The normalized spacial score (nSPS) is 11.0. The molecule has 1 aromatic carbocycles. The van der Waals surface area contributed by atoms with E-state index in [2.05, 4.69) is 15.5 Å². The van der Waals surface area contributed by atoms with Gasteiger partial charge >= 0.3 is 0 Å². The van der Waals surface area contributed by atoms with E-state index >= 15 is 0 Å². The Morgan fingerprint density at radius 1 is 1.11 bits per heavy atom. The molecule has 0 aliphatic heterocycles. The molecule has 0 aliphatic rings. The summed E-state index contributed by atoms with van der Waals surface area (Å²) < 4.78 is 7.81. The maximum Gasteiger partial charge on any atom is 0.258 e. The number of nitrogens with one attached hydrogen (secondary N) is 1. The zero-order valence-corrected chi connectivity index (χ0v) is 16.7. The van der Waals surface area contributed by atoms with E-state index in [1.165, 1.54) is 0 Å². The number of hydrogen-bond donors (Lipinski definition) is 1. The summed E-state index contributed by atoms with van der Waals surface area (Å²) in [7, 11) is 0. The van der Waals surface area contributed by atoms with Gasteiger partial charge in [0, 0.05) is 17.1 Å². The molecule has 142 valence electrons. The van der Waals surface area contributed by atoms with E-state index < -0.39 is 0 Å². The molecular formula is C21H20N4O2S. The number of thiophene rings is 1. The van der Waals surface area contributed by atoms with Gasteiger partial charge in [-0.1, -0.05) is 18.2 Å². The number of carbonyl (C=O) groups is 1. The summed E-state index contributed by atoms with van der Waals surface area (Å²) in [5.74, 6) is 0.887. The lowest BCUT2D eigenvalue weighted by Gasteiger charge is -2.10. The van der Waals surface area contributed by atoms with Gasteiger partial charge in [-0.05, 0) is 56.0 Å². The Labute approximate surface area is 166 Å². The second-order valence-corrected chi connectivity index (χ2v) is 7.63. The first-order valence-corrected chi connectivity index (χ1v) is 9.80. The summed E-state index contributed by atoms with van der Waals surface area (Å²) in [6, 6.07) is 13.6. The zero-order valence-electron chi connectivity index (χ0n) is 15.9. The van der Waals surface area contributed by atoms with Crippen molar-refractivity contribution in [2.45, 2.75) is 27.3 Å². The number of anilines is 1. The highest BCUT2D eigenvalue weighted by molar-refractivity contribution is 7.13. The van der Waals surface area contributed by atoms with Crippen molar-refractivity contribution in [2.75, 3.05) is 5.32 Å². The lowest BCUT2D eigenvalue weighted by molar-refractivity contribution is -0.116. The molecule has 1 amide bonds. The number of aryl methyl sites for hydroxylation is 2. The Balaban J connectivity index is 1.55. The van der Waals surface area contributed by atoms with Gasteiger partial charge in [-0.15, -0.1) is 21.5 Å². The second-order valence-electron chi connectivity index (χ2n) is 6.68. The molecule has 0 saturated heterocycles. The maximum atomic E-state index is 12.5. The van der Waals surface area contributed by atoms with Crippen molar-refractivity contribution in [3.63, 3.8) is 0 Å². The van der Waals surface area contributed by atoms with Crippen molar-refractivity contribution >= 4 is 22.9 Å². The Morgan fingerprint density at radius 2 is 1.93 bits per heavy atom. The molecule has 6 nitrogen and oxygen atoms in total. The van der Waals surface area contributed by atoms with Crippen LogP contribution < -0.4 is 5.32 Å². The topological polar surface area (TPSA) is 73.0 Å². The van der Waals surface area contributed by atoms with Crippen LogP contribution in [0.4, 0.5) is 5.69 Å². The molecule has 0 unspecified atom stereocenters. The minimum absolute atomic E-state index is 0.0799. The summed E-state index contributed by atoms with van der Waals surface area (Å²) in [5.41, 5.74) is 4.62. The third-order valence-corrected chi connectivity index (χ3v) is 5.42. The largest absolute Gasteiger partial charge is 0.415 e. The molecule has 7 heteroatoms. The van der Waals surface area contributed by atoms with Crippen LogP contribution in [-0.2, 0) is 11.3 Å². The first-order valence-electron chi connectivity index (χ1n) is 8.92. The third-order valence-electron chi connectivity index (χ3n) is 4.56. The third kappa shape index (κ3) is 3.61. The van der Waals surface area contributed by atoms with E-state index in [4.69, 9.17) is 4.42 Å². The predicted molar refractivity (Wildman–Crippen MR) is 110 cm³/mol. The SMILES string of the molecule is Cc1cccc(NC(=O)Cn2c(C)cc(-c3nnc(-c4cccs4)o3)c2C)c1. The van der Waals surface area contributed by atoms with Gasteiger partial charge in [-0.2, -0.15) is 0 Å². The van der Waals surface area contributed by atoms with Gasteiger partial charge < -0.3 is 14.3 Å². The lowest BCUT2D eigenvalue weighted by atomic mass is 10.2. The Kier molecular flexibility index (Phi) is 4.83. The predicted octanol–water partition coefficient (Wildman–Crippen LogP) is 4.83. The summed E-state index contributed by atoms with van der Waals surface area (Å²) in [6.45, 7) is 6.14. The maximum absolute atomic E-state index is 12.5. The van der Waals surface area contributed by atoms with Crippen molar-refractivity contribution in [2.24, 2.45) is 0 Å². The summed E-state index contributed by atoms with van der Waals surface area (Å²) in [6.07, 6.45) is 0. The molecular weight excluding hydrogens is 372 g/mol. The molecule has 0 bridgehead atoms. The van der Waals surface area contributed by atoms with Gasteiger partial charge in [0.25, 0.3) is 5.89 Å². The van der Waals surface area contributed by atoms with E-state index in [-0.39, 0.29) is 12.5 Å². The molecule has 28 heavy (non-hydrogen) atoms. The minimum Gasteiger partial charge on any atom is -0.415 e. The van der Waals surface area contributed by atoms with E-state index in [0.717, 1.165) is 33.1 Å². The smallest absolute Gasteiger partial charge is 0.258 e. The Morgan fingerprint density at radius 3 is 2.68 bits per heavy atom. The Hall–Kier alpha value is -3.19. The zero-order chi connectivity index (χ0) is 19.7. The van der Waals surface area contributed by atoms with Crippen molar-refractivity contribution in [3.05, 3.63) is 64.8 Å². The molecule has 3 heterocycles. The average molecular weight is 392 g/mol. The molecule has 0 radical (unpaired) electrons. The van der Waals surface area contributed by atoms with E-state index in [0.29, 0.717) is 11.8 Å². The molecule has 4 rings (SSSR count). The molecule has 1 N–H and O–H groups in total. The average Bonchev–Trinajstić information content (AvgIpc) is 3.38. The van der Waals surface area contributed by atoms with Crippen LogP contribution in [-0.4, -0.2) is 20.7 Å². The molecule has 0 atom stereocenters. The number of benzene rings is 1. The quantitative estimate of drug-likeness (QED) is 0.528. The van der Waals surface area contributed by atoms with Crippen LogP contribution in [0.3, 0.4) is 0 Å².